The number of nitrogens with one attached hydrogen (secondary N) is 3. The zero-order valence-electron chi connectivity index (χ0n) is 11.5. The van der Waals surface area contributed by atoms with Crippen LogP contribution in [0.1, 0.15) is 24.6 Å². The Morgan fingerprint density at radius 3 is 2.80 bits per heavy atom. The zero-order chi connectivity index (χ0) is 14.7. The standard InChI is InChI=1S/C12H18N6O2/c1-3-4-18-10(13)9(11(19)16-12(18)20)14-5-8-6-15-17-7(8)2/h6,14H,3-5,13H2,1-2H3,(H,15,17)(H,16,19,20). The Labute approximate surface area is 115 Å². The van der Waals surface area contributed by atoms with Gasteiger partial charge in [0.25, 0.3) is 5.56 Å². The summed E-state index contributed by atoms with van der Waals surface area (Å²) in [5.41, 5.74) is 6.95. The Morgan fingerprint density at radius 1 is 1.45 bits per heavy atom. The van der Waals surface area contributed by atoms with E-state index < -0.39 is 11.2 Å². The van der Waals surface area contributed by atoms with Crippen molar-refractivity contribution in [3.63, 3.8) is 0 Å². The van der Waals surface area contributed by atoms with Gasteiger partial charge in [0.05, 0.1) is 6.20 Å². The predicted molar refractivity (Wildman–Crippen MR) is 76.7 cm³/mol. The molecule has 0 aromatic carbocycles. The maximum Gasteiger partial charge on any atom is 0.330 e. The molecule has 0 spiro atoms. The van der Waals surface area contributed by atoms with Crippen LogP contribution in [0.2, 0.25) is 0 Å². The third kappa shape index (κ3) is 2.58. The van der Waals surface area contributed by atoms with Gasteiger partial charge in [0, 0.05) is 24.3 Å². The summed E-state index contributed by atoms with van der Waals surface area (Å²) in [6.45, 7) is 4.68. The molecule has 0 saturated carbocycles. The van der Waals surface area contributed by atoms with Gasteiger partial charge in [-0.15, -0.1) is 0 Å². The smallest absolute Gasteiger partial charge is 0.330 e. The lowest BCUT2D eigenvalue weighted by Gasteiger charge is -2.13. The zero-order valence-corrected chi connectivity index (χ0v) is 11.5. The topological polar surface area (TPSA) is 122 Å². The summed E-state index contributed by atoms with van der Waals surface area (Å²) in [6.07, 6.45) is 2.42. The molecule has 0 unspecified atom stereocenters. The van der Waals surface area contributed by atoms with E-state index in [0.29, 0.717) is 13.1 Å². The summed E-state index contributed by atoms with van der Waals surface area (Å²) in [5, 5.41) is 9.68. The van der Waals surface area contributed by atoms with Gasteiger partial charge in [-0.1, -0.05) is 6.92 Å². The van der Waals surface area contributed by atoms with Crippen LogP contribution in [-0.4, -0.2) is 19.7 Å². The molecule has 0 fully saturated rings. The molecule has 0 aliphatic heterocycles. The molecule has 0 aliphatic carbocycles. The van der Waals surface area contributed by atoms with Crippen molar-refractivity contribution >= 4 is 11.5 Å². The fourth-order valence-electron chi connectivity index (χ4n) is 1.94. The molecular formula is C12H18N6O2. The number of nitrogens with zero attached hydrogens (tertiary/aromatic N) is 2. The van der Waals surface area contributed by atoms with Gasteiger partial charge in [0.15, 0.2) is 0 Å². The van der Waals surface area contributed by atoms with Crippen LogP contribution in [0.5, 0.6) is 0 Å². The van der Waals surface area contributed by atoms with Gasteiger partial charge < -0.3 is 11.1 Å². The van der Waals surface area contributed by atoms with Gasteiger partial charge in [-0.2, -0.15) is 5.10 Å². The fraction of sp³-hybridized carbons (Fsp3) is 0.417. The molecular weight excluding hydrogens is 260 g/mol. The lowest BCUT2D eigenvalue weighted by Crippen LogP contribution is -2.34. The van der Waals surface area contributed by atoms with E-state index in [9.17, 15) is 9.59 Å². The molecule has 2 aromatic heterocycles. The van der Waals surface area contributed by atoms with Gasteiger partial charge in [0.2, 0.25) is 0 Å². The first-order valence-corrected chi connectivity index (χ1v) is 6.40. The molecule has 8 heteroatoms. The number of H-pyrrole nitrogens is 2. The Balaban J connectivity index is 2.32. The molecule has 2 rings (SSSR count). The number of hydrogen-bond donors (Lipinski definition) is 4. The molecule has 108 valence electrons. The van der Waals surface area contributed by atoms with Crippen LogP contribution in [-0.2, 0) is 13.1 Å². The highest BCUT2D eigenvalue weighted by molar-refractivity contribution is 5.60. The second-order valence-electron chi connectivity index (χ2n) is 4.54. The molecule has 8 nitrogen and oxygen atoms in total. The van der Waals surface area contributed by atoms with Gasteiger partial charge in [-0.25, -0.2) is 4.79 Å². The Kier molecular flexibility index (Phi) is 3.92. The molecule has 0 saturated heterocycles. The number of aromatic nitrogens is 4. The number of nitrogen functional groups attached to an aromatic ring is 1. The van der Waals surface area contributed by atoms with Crippen LogP contribution < -0.4 is 22.3 Å². The van der Waals surface area contributed by atoms with Crippen molar-refractivity contribution in [1.82, 2.24) is 19.7 Å². The lowest BCUT2D eigenvalue weighted by molar-refractivity contribution is 0.642. The van der Waals surface area contributed by atoms with Gasteiger partial charge in [-0.05, 0) is 13.3 Å². The largest absolute Gasteiger partial charge is 0.383 e. The first-order valence-electron chi connectivity index (χ1n) is 6.40. The number of anilines is 2. The molecule has 5 N–H and O–H groups in total. The fourth-order valence-corrected chi connectivity index (χ4v) is 1.94. The predicted octanol–water partition coefficient (Wildman–Crippen LogP) is 0.172. The second-order valence-corrected chi connectivity index (χ2v) is 4.54. The van der Waals surface area contributed by atoms with Crippen LogP contribution in [0.3, 0.4) is 0 Å². The summed E-state index contributed by atoms with van der Waals surface area (Å²) in [7, 11) is 0. The van der Waals surface area contributed by atoms with Crippen LogP contribution in [0, 0.1) is 6.92 Å². The number of aryl methyl sites for hydroxylation is 1. The molecule has 0 atom stereocenters. The van der Waals surface area contributed by atoms with E-state index in [-0.39, 0.29) is 11.5 Å². The van der Waals surface area contributed by atoms with Crippen molar-refractivity contribution in [3.8, 4) is 0 Å². The minimum absolute atomic E-state index is 0.154. The van der Waals surface area contributed by atoms with E-state index in [1.54, 1.807) is 6.20 Å². The van der Waals surface area contributed by atoms with E-state index >= 15 is 0 Å². The molecule has 0 radical (unpaired) electrons. The Morgan fingerprint density at radius 2 is 2.20 bits per heavy atom. The second kappa shape index (κ2) is 5.64. The molecule has 0 amide bonds. The summed E-state index contributed by atoms with van der Waals surface area (Å²) in [5.74, 6) is 0.154. The summed E-state index contributed by atoms with van der Waals surface area (Å²) in [4.78, 5) is 25.8. The van der Waals surface area contributed by atoms with Crippen molar-refractivity contribution < 1.29 is 0 Å². The summed E-state index contributed by atoms with van der Waals surface area (Å²) < 4.78 is 1.35. The number of nitrogens with two attached hydrogens (primary N) is 1. The number of rotatable bonds is 5. The van der Waals surface area contributed by atoms with Crippen LogP contribution >= 0.6 is 0 Å². The Bertz CT molecular complexity index is 711. The van der Waals surface area contributed by atoms with Crippen molar-refractivity contribution in [2.24, 2.45) is 0 Å². The van der Waals surface area contributed by atoms with Gasteiger partial charge in [-0.3, -0.25) is 19.4 Å². The SMILES string of the molecule is CCCn1c(N)c(NCc2cn[nH]c2C)c(=O)[nH]c1=O. The van der Waals surface area contributed by atoms with Crippen LogP contribution in [0.25, 0.3) is 0 Å². The average Bonchev–Trinajstić information content (AvgIpc) is 2.80. The first-order chi connectivity index (χ1) is 9.54. The summed E-state index contributed by atoms with van der Waals surface area (Å²) >= 11 is 0. The molecule has 2 aromatic rings. The minimum atomic E-state index is -0.513. The van der Waals surface area contributed by atoms with Crippen LogP contribution in [0.15, 0.2) is 15.8 Å². The van der Waals surface area contributed by atoms with E-state index in [1.807, 2.05) is 13.8 Å². The normalized spacial score (nSPS) is 10.7. The van der Waals surface area contributed by atoms with E-state index in [4.69, 9.17) is 5.73 Å². The highest BCUT2D eigenvalue weighted by atomic mass is 16.2. The number of aromatic amines is 2. The van der Waals surface area contributed by atoms with E-state index in [2.05, 4.69) is 20.5 Å². The first kappa shape index (κ1) is 13.9. The van der Waals surface area contributed by atoms with Crippen molar-refractivity contribution in [2.75, 3.05) is 11.1 Å². The monoisotopic (exact) mass is 278 g/mol. The maximum atomic E-state index is 11.8. The molecule has 2 heterocycles. The number of hydrogen-bond acceptors (Lipinski definition) is 5. The van der Waals surface area contributed by atoms with E-state index in [1.165, 1.54) is 4.57 Å². The highest BCUT2D eigenvalue weighted by Crippen LogP contribution is 2.12. The third-order valence-electron chi connectivity index (χ3n) is 3.08. The molecule has 20 heavy (non-hydrogen) atoms. The maximum absolute atomic E-state index is 11.8. The Hall–Kier alpha value is -2.51. The third-order valence-corrected chi connectivity index (χ3v) is 3.08. The summed E-state index contributed by atoms with van der Waals surface area (Å²) in [6, 6.07) is 0. The quantitative estimate of drug-likeness (QED) is 0.621. The van der Waals surface area contributed by atoms with E-state index in [0.717, 1.165) is 17.7 Å². The molecule has 0 aliphatic rings. The van der Waals surface area contributed by atoms with Gasteiger partial charge in [0.1, 0.15) is 11.5 Å². The van der Waals surface area contributed by atoms with Crippen molar-refractivity contribution in [1.29, 1.82) is 0 Å². The average molecular weight is 278 g/mol. The van der Waals surface area contributed by atoms with Crippen molar-refractivity contribution in [3.05, 3.63) is 38.3 Å². The lowest BCUT2D eigenvalue weighted by atomic mass is 10.2. The van der Waals surface area contributed by atoms with Crippen molar-refractivity contribution in [2.45, 2.75) is 33.4 Å². The minimum Gasteiger partial charge on any atom is -0.383 e. The van der Waals surface area contributed by atoms with Crippen LogP contribution in [0.4, 0.5) is 11.5 Å². The van der Waals surface area contributed by atoms with Gasteiger partial charge >= 0.3 is 5.69 Å². The highest BCUT2D eigenvalue weighted by Gasteiger charge is 2.12. The molecule has 0 bridgehead atoms.